The molecule has 0 saturated heterocycles. The second kappa shape index (κ2) is 69.8. The smallest absolute Gasteiger partial charge is 0.462 e. The van der Waals surface area contributed by atoms with Crippen molar-refractivity contribution in [3.63, 3.8) is 0 Å². The summed E-state index contributed by atoms with van der Waals surface area (Å²) in [6.07, 6.45) is 58.2. The molecule has 0 rings (SSSR count). The van der Waals surface area contributed by atoms with Crippen LogP contribution in [-0.2, 0) is 65.4 Å². The topological polar surface area (TPSA) is 237 Å². The summed E-state index contributed by atoms with van der Waals surface area (Å²) >= 11 is 0. The number of ether oxygens (including phenoxy) is 4. The normalized spacial score (nSPS) is 14.5. The van der Waals surface area contributed by atoms with Gasteiger partial charge in [0.25, 0.3) is 0 Å². The van der Waals surface area contributed by atoms with Crippen LogP contribution in [0.4, 0.5) is 0 Å². The molecule has 3 N–H and O–H groups in total. The summed E-state index contributed by atoms with van der Waals surface area (Å²) in [5.41, 5.74) is 0. The molecule has 7 atom stereocenters. The van der Waals surface area contributed by atoms with E-state index >= 15 is 0 Å². The zero-order chi connectivity index (χ0) is 71.4. The Labute approximate surface area is 594 Å². The Morgan fingerprint density at radius 2 is 0.495 bits per heavy atom. The Bertz CT molecular complexity index is 1880. The lowest BCUT2D eigenvalue weighted by Crippen LogP contribution is -2.30. The third kappa shape index (κ3) is 69.5. The first-order valence-corrected chi connectivity index (χ1v) is 43.6. The monoisotopic (exact) mass is 1420 g/mol. The second-order valence-corrected chi connectivity index (χ2v) is 31.5. The summed E-state index contributed by atoms with van der Waals surface area (Å²) in [5.74, 6) is -0.433. The molecule has 0 bridgehead atoms. The standard InChI is InChI=1S/C78H152O17P2/c1-7-11-13-15-17-19-20-30-38-44-50-56-62-77(82)94-73(66-88-75(80)60-54-48-42-34-18-16-14-12-8-2)68-92-96(84,85)90-64-72(79)65-91-97(86,87)93-69-74(67-89-76(81)61-55-49-43-37-33-32-36-41-47-53-59-71(6)10-4)95-78(83)63-57-51-45-39-31-28-26-24-22-21-23-25-27-29-35-40-46-52-58-70(5)9-3/h70-74,79H,7-69H2,1-6H3,(H,84,85)(H,86,87)/t70?,71?,72-,73+,74+/m0/s1. The summed E-state index contributed by atoms with van der Waals surface area (Å²) < 4.78 is 68.5. The van der Waals surface area contributed by atoms with Gasteiger partial charge in [0, 0.05) is 25.7 Å². The van der Waals surface area contributed by atoms with Crippen LogP contribution >= 0.6 is 15.6 Å². The number of unbranched alkanes of at least 4 members (excludes halogenated alkanes) is 45. The lowest BCUT2D eigenvalue weighted by molar-refractivity contribution is -0.161. The van der Waals surface area contributed by atoms with Crippen LogP contribution in [0.3, 0.4) is 0 Å². The summed E-state index contributed by atoms with van der Waals surface area (Å²) in [6.45, 7) is 9.69. The molecule has 0 aromatic heterocycles. The second-order valence-electron chi connectivity index (χ2n) is 28.6. The third-order valence-corrected chi connectivity index (χ3v) is 20.8. The van der Waals surface area contributed by atoms with Crippen molar-refractivity contribution in [2.45, 2.75) is 426 Å². The van der Waals surface area contributed by atoms with Gasteiger partial charge in [-0.3, -0.25) is 37.3 Å². The maximum absolute atomic E-state index is 13.1. The summed E-state index contributed by atoms with van der Waals surface area (Å²) in [4.78, 5) is 72.8. The number of hydrogen-bond acceptors (Lipinski definition) is 15. The highest BCUT2D eigenvalue weighted by atomic mass is 31.2. The van der Waals surface area contributed by atoms with E-state index in [4.69, 9.17) is 37.0 Å². The number of rotatable bonds is 77. The van der Waals surface area contributed by atoms with Crippen molar-refractivity contribution in [3.05, 3.63) is 0 Å². The molecule has 0 aromatic rings. The van der Waals surface area contributed by atoms with Crippen LogP contribution < -0.4 is 0 Å². The predicted molar refractivity (Wildman–Crippen MR) is 395 cm³/mol. The Balaban J connectivity index is 5.19. The van der Waals surface area contributed by atoms with Gasteiger partial charge in [0.1, 0.15) is 19.3 Å². The van der Waals surface area contributed by atoms with Crippen LogP contribution in [0.1, 0.15) is 408 Å². The van der Waals surface area contributed by atoms with E-state index < -0.39 is 97.5 Å². The molecular formula is C78H152O17P2. The van der Waals surface area contributed by atoms with Gasteiger partial charge in [-0.05, 0) is 37.5 Å². The molecule has 17 nitrogen and oxygen atoms in total. The molecule has 4 unspecified atom stereocenters. The van der Waals surface area contributed by atoms with E-state index in [1.165, 1.54) is 225 Å². The number of hydrogen-bond donors (Lipinski definition) is 3. The van der Waals surface area contributed by atoms with E-state index in [-0.39, 0.29) is 25.7 Å². The summed E-state index contributed by atoms with van der Waals surface area (Å²) in [6, 6.07) is 0. The van der Waals surface area contributed by atoms with Crippen LogP contribution in [0.2, 0.25) is 0 Å². The molecule has 0 aliphatic heterocycles. The average Bonchev–Trinajstić information content (AvgIpc) is 2.96. The van der Waals surface area contributed by atoms with Gasteiger partial charge in [0.2, 0.25) is 0 Å². The van der Waals surface area contributed by atoms with Gasteiger partial charge in [-0.15, -0.1) is 0 Å². The number of aliphatic hydroxyl groups is 1. The molecule has 576 valence electrons. The largest absolute Gasteiger partial charge is 0.472 e. The third-order valence-electron chi connectivity index (χ3n) is 18.9. The van der Waals surface area contributed by atoms with Crippen molar-refractivity contribution in [2.75, 3.05) is 39.6 Å². The van der Waals surface area contributed by atoms with Gasteiger partial charge in [-0.2, -0.15) is 0 Å². The average molecular weight is 1420 g/mol. The lowest BCUT2D eigenvalue weighted by atomic mass is 9.99. The first kappa shape index (κ1) is 95.1. The van der Waals surface area contributed by atoms with Crippen molar-refractivity contribution < 1.29 is 80.2 Å². The maximum atomic E-state index is 13.1. The Morgan fingerprint density at radius 3 is 0.732 bits per heavy atom. The number of phosphoric acid groups is 2. The van der Waals surface area contributed by atoms with E-state index in [1.54, 1.807) is 0 Å². The molecule has 0 saturated carbocycles. The molecule has 19 heteroatoms. The Hall–Kier alpha value is -1.94. The maximum Gasteiger partial charge on any atom is 0.472 e. The number of phosphoric ester groups is 2. The molecule has 0 heterocycles. The highest BCUT2D eigenvalue weighted by Crippen LogP contribution is 2.45. The summed E-state index contributed by atoms with van der Waals surface area (Å²) in [7, 11) is -9.91. The van der Waals surface area contributed by atoms with Gasteiger partial charge in [0.15, 0.2) is 12.2 Å². The number of aliphatic hydroxyl groups excluding tert-OH is 1. The van der Waals surface area contributed by atoms with E-state index in [9.17, 15) is 43.2 Å². The van der Waals surface area contributed by atoms with E-state index in [1.807, 2.05) is 0 Å². The minimum Gasteiger partial charge on any atom is -0.462 e. The van der Waals surface area contributed by atoms with Gasteiger partial charge < -0.3 is 33.8 Å². The van der Waals surface area contributed by atoms with Crippen molar-refractivity contribution in [3.8, 4) is 0 Å². The lowest BCUT2D eigenvalue weighted by Gasteiger charge is -2.21. The Kier molecular flexibility index (Phi) is 68.4. The van der Waals surface area contributed by atoms with E-state index in [0.29, 0.717) is 25.7 Å². The van der Waals surface area contributed by atoms with Crippen molar-refractivity contribution in [1.82, 2.24) is 0 Å². The molecule has 0 aliphatic carbocycles. The van der Waals surface area contributed by atoms with E-state index in [2.05, 4.69) is 41.5 Å². The molecule has 0 spiro atoms. The zero-order valence-electron chi connectivity index (χ0n) is 63.4. The molecule has 0 aromatic carbocycles. The van der Waals surface area contributed by atoms with Crippen molar-refractivity contribution in [2.24, 2.45) is 11.8 Å². The van der Waals surface area contributed by atoms with Crippen LogP contribution in [0, 0.1) is 11.8 Å². The fraction of sp³-hybridized carbons (Fsp3) is 0.949. The molecule has 97 heavy (non-hydrogen) atoms. The van der Waals surface area contributed by atoms with Crippen LogP contribution in [0.15, 0.2) is 0 Å². The fourth-order valence-corrected chi connectivity index (χ4v) is 13.5. The van der Waals surface area contributed by atoms with Crippen molar-refractivity contribution >= 4 is 39.5 Å². The van der Waals surface area contributed by atoms with Crippen LogP contribution in [0.5, 0.6) is 0 Å². The minimum absolute atomic E-state index is 0.107. The number of esters is 4. The molecule has 0 aliphatic rings. The summed E-state index contributed by atoms with van der Waals surface area (Å²) in [5, 5.41) is 10.6. The van der Waals surface area contributed by atoms with Gasteiger partial charge in [-0.25, -0.2) is 9.13 Å². The predicted octanol–water partition coefficient (Wildman–Crippen LogP) is 23.1. The van der Waals surface area contributed by atoms with Gasteiger partial charge >= 0.3 is 39.5 Å². The molecular weight excluding hydrogens is 1270 g/mol. The first-order valence-electron chi connectivity index (χ1n) is 40.6. The van der Waals surface area contributed by atoms with Gasteiger partial charge in [-0.1, -0.05) is 356 Å². The van der Waals surface area contributed by atoms with Crippen molar-refractivity contribution in [1.29, 1.82) is 0 Å². The van der Waals surface area contributed by atoms with Gasteiger partial charge in [0.05, 0.1) is 26.4 Å². The van der Waals surface area contributed by atoms with E-state index in [0.717, 1.165) is 102 Å². The highest BCUT2D eigenvalue weighted by Gasteiger charge is 2.30. The van der Waals surface area contributed by atoms with Crippen LogP contribution in [-0.4, -0.2) is 96.7 Å². The highest BCUT2D eigenvalue weighted by molar-refractivity contribution is 7.47. The molecule has 0 amide bonds. The number of carbonyl (C=O) groups excluding carboxylic acids is 4. The fourth-order valence-electron chi connectivity index (χ4n) is 11.9. The van der Waals surface area contributed by atoms with Crippen LogP contribution in [0.25, 0.3) is 0 Å². The minimum atomic E-state index is -4.96. The zero-order valence-corrected chi connectivity index (χ0v) is 65.2. The Morgan fingerprint density at radius 1 is 0.289 bits per heavy atom. The molecule has 0 radical (unpaired) electrons. The quantitative estimate of drug-likeness (QED) is 0.0222. The number of carbonyl (C=O) groups is 4. The molecule has 0 fully saturated rings. The first-order chi connectivity index (χ1) is 46.9. The SMILES string of the molecule is CCCCCCCCCCCCCCC(=O)O[C@H](COC(=O)CCCCCCCCCCC)COP(=O)(O)OC[C@H](O)COP(=O)(O)OC[C@@H](COC(=O)CCCCCCCCCCCCC(C)CC)OC(=O)CCCCCCCCCCCCCCCCCCCCC(C)CC.